The molecule has 0 aliphatic heterocycles. The zero-order valence-corrected chi connectivity index (χ0v) is 8.84. The summed E-state index contributed by atoms with van der Waals surface area (Å²) in [5, 5.41) is 18.4. The maximum Gasteiger partial charge on any atom is 0.173 e. The molecule has 1 rings (SSSR count). The maximum absolute atomic E-state index is 13.8. The molecule has 0 spiro atoms. The first-order chi connectivity index (χ1) is 6.94. The molecule has 0 radical (unpaired) electrons. The van der Waals surface area contributed by atoms with E-state index in [2.05, 4.69) is 0 Å². The SMILES string of the molecule is COc1ccc(O)c(C(C)(C)C#N)c1F. The molecule has 0 aliphatic carbocycles. The van der Waals surface area contributed by atoms with Gasteiger partial charge in [-0.2, -0.15) is 5.26 Å². The molecule has 0 fully saturated rings. The molecule has 0 bridgehead atoms. The van der Waals surface area contributed by atoms with E-state index in [0.29, 0.717) is 0 Å². The van der Waals surface area contributed by atoms with Gasteiger partial charge in [0.05, 0.1) is 24.2 Å². The van der Waals surface area contributed by atoms with Gasteiger partial charge in [-0.1, -0.05) is 0 Å². The summed E-state index contributed by atoms with van der Waals surface area (Å²) in [6, 6.07) is 4.57. The third-order valence-electron chi connectivity index (χ3n) is 2.21. The lowest BCUT2D eigenvalue weighted by atomic mass is 9.85. The van der Waals surface area contributed by atoms with Gasteiger partial charge < -0.3 is 9.84 Å². The van der Waals surface area contributed by atoms with Crippen molar-refractivity contribution in [2.75, 3.05) is 7.11 Å². The molecule has 0 unspecified atom stereocenters. The highest BCUT2D eigenvalue weighted by atomic mass is 19.1. The second-order valence-electron chi connectivity index (χ2n) is 3.71. The standard InChI is InChI=1S/C11H12FNO2/c1-11(2,6-13)9-7(14)4-5-8(15-3)10(9)12/h4-5,14H,1-3H3. The summed E-state index contributed by atoms with van der Waals surface area (Å²) in [6.07, 6.45) is 0. The number of benzene rings is 1. The lowest BCUT2D eigenvalue weighted by Gasteiger charge is -2.19. The van der Waals surface area contributed by atoms with E-state index in [9.17, 15) is 9.50 Å². The van der Waals surface area contributed by atoms with Crippen molar-refractivity contribution in [1.29, 1.82) is 5.26 Å². The minimum absolute atomic E-state index is 0.0196. The van der Waals surface area contributed by atoms with Crippen LogP contribution in [0.1, 0.15) is 19.4 Å². The Balaban J connectivity index is 3.48. The van der Waals surface area contributed by atoms with Crippen LogP contribution in [0.5, 0.6) is 11.5 Å². The topological polar surface area (TPSA) is 53.2 Å². The van der Waals surface area contributed by atoms with Crippen LogP contribution in [0.25, 0.3) is 0 Å². The molecule has 0 saturated carbocycles. The van der Waals surface area contributed by atoms with Crippen LogP contribution in [0.4, 0.5) is 4.39 Å². The summed E-state index contributed by atoms with van der Waals surface area (Å²) >= 11 is 0. The quantitative estimate of drug-likeness (QED) is 0.813. The van der Waals surface area contributed by atoms with Crippen LogP contribution in [-0.2, 0) is 5.41 Å². The molecule has 0 aliphatic rings. The highest BCUT2D eigenvalue weighted by Crippen LogP contribution is 2.36. The number of halogens is 1. The predicted octanol–water partition coefficient (Wildman–Crippen LogP) is 2.34. The van der Waals surface area contributed by atoms with Crippen molar-refractivity contribution < 1.29 is 14.2 Å². The van der Waals surface area contributed by atoms with Crippen LogP contribution in [0.3, 0.4) is 0 Å². The van der Waals surface area contributed by atoms with Gasteiger partial charge in [-0.3, -0.25) is 0 Å². The third kappa shape index (κ3) is 1.86. The minimum Gasteiger partial charge on any atom is -0.507 e. The average molecular weight is 209 g/mol. The van der Waals surface area contributed by atoms with Gasteiger partial charge in [-0.05, 0) is 26.0 Å². The van der Waals surface area contributed by atoms with Gasteiger partial charge in [-0.25, -0.2) is 4.39 Å². The number of phenols is 1. The van der Waals surface area contributed by atoms with E-state index < -0.39 is 11.2 Å². The van der Waals surface area contributed by atoms with Gasteiger partial charge in [0.2, 0.25) is 0 Å². The Morgan fingerprint density at radius 1 is 1.47 bits per heavy atom. The Hall–Kier alpha value is -1.76. The van der Waals surface area contributed by atoms with Crippen LogP contribution in [0.2, 0.25) is 0 Å². The molecule has 80 valence electrons. The summed E-state index contributed by atoms with van der Waals surface area (Å²) in [7, 11) is 1.33. The number of hydrogen-bond acceptors (Lipinski definition) is 3. The lowest BCUT2D eigenvalue weighted by molar-refractivity contribution is 0.372. The normalized spacial score (nSPS) is 10.9. The molecule has 15 heavy (non-hydrogen) atoms. The van der Waals surface area contributed by atoms with Crippen LogP contribution in [0.15, 0.2) is 12.1 Å². The molecule has 0 amide bonds. The average Bonchev–Trinajstić information content (AvgIpc) is 2.18. The highest BCUT2D eigenvalue weighted by molar-refractivity contribution is 5.47. The Morgan fingerprint density at radius 3 is 2.53 bits per heavy atom. The fourth-order valence-electron chi connectivity index (χ4n) is 1.35. The molecule has 4 heteroatoms. The van der Waals surface area contributed by atoms with Crippen molar-refractivity contribution in [3.8, 4) is 17.6 Å². The predicted molar refractivity (Wildman–Crippen MR) is 53.3 cm³/mol. The van der Waals surface area contributed by atoms with E-state index >= 15 is 0 Å². The third-order valence-corrected chi connectivity index (χ3v) is 2.21. The number of methoxy groups -OCH3 is 1. The molecular weight excluding hydrogens is 197 g/mol. The number of rotatable bonds is 2. The largest absolute Gasteiger partial charge is 0.507 e. The minimum atomic E-state index is -1.09. The summed E-state index contributed by atoms with van der Waals surface area (Å²) in [4.78, 5) is 0. The number of nitrogens with zero attached hydrogens (tertiary/aromatic N) is 1. The molecule has 1 aromatic rings. The van der Waals surface area contributed by atoms with Crippen LogP contribution in [-0.4, -0.2) is 12.2 Å². The van der Waals surface area contributed by atoms with Gasteiger partial charge in [-0.15, -0.1) is 0 Å². The van der Waals surface area contributed by atoms with E-state index in [4.69, 9.17) is 10.00 Å². The van der Waals surface area contributed by atoms with Gasteiger partial charge in [0.15, 0.2) is 11.6 Å². The number of ether oxygens (including phenoxy) is 1. The van der Waals surface area contributed by atoms with E-state index in [1.165, 1.54) is 33.1 Å². The first kappa shape index (κ1) is 11.3. The van der Waals surface area contributed by atoms with E-state index in [-0.39, 0.29) is 17.1 Å². The molecule has 3 nitrogen and oxygen atoms in total. The summed E-state index contributed by atoms with van der Waals surface area (Å²) < 4.78 is 18.6. The molecule has 1 aromatic carbocycles. The van der Waals surface area contributed by atoms with Crippen LogP contribution in [0, 0.1) is 17.1 Å². The molecular formula is C11H12FNO2. The smallest absolute Gasteiger partial charge is 0.173 e. The van der Waals surface area contributed by atoms with Crippen molar-refractivity contribution >= 4 is 0 Å². The Morgan fingerprint density at radius 2 is 2.07 bits per heavy atom. The second-order valence-corrected chi connectivity index (χ2v) is 3.71. The molecule has 1 N–H and O–H groups in total. The first-order valence-electron chi connectivity index (χ1n) is 4.41. The van der Waals surface area contributed by atoms with Crippen molar-refractivity contribution in [2.24, 2.45) is 0 Å². The van der Waals surface area contributed by atoms with E-state index in [0.717, 1.165) is 0 Å². The summed E-state index contributed by atoms with van der Waals surface area (Å²) in [6.45, 7) is 3.06. The number of hydrogen-bond donors (Lipinski definition) is 1. The monoisotopic (exact) mass is 209 g/mol. The molecule has 0 heterocycles. The van der Waals surface area contributed by atoms with Gasteiger partial charge in [0.1, 0.15) is 5.75 Å². The maximum atomic E-state index is 13.8. The van der Waals surface area contributed by atoms with E-state index in [1.54, 1.807) is 0 Å². The van der Waals surface area contributed by atoms with Crippen molar-refractivity contribution in [2.45, 2.75) is 19.3 Å². The van der Waals surface area contributed by atoms with Crippen molar-refractivity contribution in [1.82, 2.24) is 0 Å². The Kier molecular flexibility index (Phi) is 2.85. The lowest BCUT2D eigenvalue weighted by Crippen LogP contribution is -2.16. The summed E-state index contributed by atoms with van der Waals surface area (Å²) in [5.74, 6) is -0.907. The highest BCUT2D eigenvalue weighted by Gasteiger charge is 2.29. The van der Waals surface area contributed by atoms with Gasteiger partial charge >= 0.3 is 0 Å². The van der Waals surface area contributed by atoms with Crippen LogP contribution < -0.4 is 4.74 Å². The summed E-state index contributed by atoms with van der Waals surface area (Å²) in [5.41, 5.74) is -1.13. The zero-order chi connectivity index (χ0) is 11.6. The first-order valence-corrected chi connectivity index (χ1v) is 4.41. The van der Waals surface area contributed by atoms with Crippen LogP contribution >= 0.6 is 0 Å². The van der Waals surface area contributed by atoms with Crippen molar-refractivity contribution in [3.63, 3.8) is 0 Å². The molecule has 0 aromatic heterocycles. The number of nitriles is 1. The zero-order valence-electron chi connectivity index (χ0n) is 8.84. The van der Waals surface area contributed by atoms with Gasteiger partial charge in [0, 0.05) is 0 Å². The fourth-order valence-corrected chi connectivity index (χ4v) is 1.35. The van der Waals surface area contributed by atoms with Gasteiger partial charge in [0.25, 0.3) is 0 Å². The second kappa shape index (κ2) is 3.77. The van der Waals surface area contributed by atoms with Crippen molar-refractivity contribution in [3.05, 3.63) is 23.5 Å². The number of phenolic OH excluding ortho intramolecular Hbond substituents is 1. The van der Waals surface area contributed by atoms with E-state index in [1.807, 2.05) is 6.07 Å². The molecule has 0 atom stereocenters. The molecule has 0 saturated heterocycles. The Bertz CT molecular complexity index is 421. The number of aromatic hydroxyl groups is 1. The Labute approximate surface area is 87.7 Å². The fraction of sp³-hybridized carbons (Fsp3) is 0.364.